The van der Waals surface area contributed by atoms with E-state index in [2.05, 4.69) is 10.3 Å². The van der Waals surface area contributed by atoms with E-state index in [0.29, 0.717) is 31.9 Å². The van der Waals surface area contributed by atoms with Crippen LogP contribution in [0.2, 0.25) is 0 Å². The molecule has 0 saturated carbocycles. The molecular weight excluding hydrogens is 461 g/mol. The number of hydrogen-bond donors (Lipinski definition) is 1. The summed E-state index contributed by atoms with van der Waals surface area (Å²) in [5.41, 5.74) is 3.89. The predicted octanol–water partition coefficient (Wildman–Crippen LogP) is 4.32. The molecule has 0 unspecified atom stereocenters. The van der Waals surface area contributed by atoms with Gasteiger partial charge in [-0.3, -0.25) is 14.2 Å². The largest absolute Gasteiger partial charge is 0.322 e. The Morgan fingerprint density at radius 1 is 1.00 bits per heavy atom. The van der Waals surface area contributed by atoms with Gasteiger partial charge in [-0.2, -0.15) is 0 Å². The monoisotopic (exact) mass is 483 g/mol. The van der Waals surface area contributed by atoms with Crippen molar-refractivity contribution >= 4 is 29.0 Å². The first-order valence-electron chi connectivity index (χ1n) is 11.1. The highest BCUT2D eigenvalue weighted by atomic mass is 32.1. The molecule has 1 aromatic heterocycles. The summed E-state index contributed by atoms with van der Waals surface area (Å²) in [4.78, 5) is 32.2. The van der Waals surface area contributed by atoms with E-state index in [1.165, 1.54) is 28.0 Å². The average Bonchev–Trinajstić information content (AvgIpc) is 3.15. The fourth-order valence-corrected chi connectivity index (χ4v) is 5.15. The van der Waals surface area contributed by atoms with Gasteiger partial charge in [0, 0.05) is 5.69 Å². The van der Waals surface area contributed by atoms with E-state index >= 15 is 0 Å². The summed E-state index contributed by atoms with van der Waals surface area (Å²) < 4.78 is 15.8. The highest BCUT2D eigenvalue weighted by molar-refractivity contribution is 7.07. The van der Waals surface area contributed by atoms with E-state index in [1.54, 1.807) is 31.2 Å². The molecule has 7 heteroatoms. The number of allylic oxidation sites excluding steroid dienone is 1. The maximum atomic E-state index is 13.7. The summed E-state index contributed by atoms with van der Waals surface area (Å²) in [7, 11) is 0. The number of hydrogen-bond acceptors (Lipinski definition) is 4. The molecule has 0 aliphatic carbocycles. The number of aromatic nitrogens is 1. The summed E-state index contributed by atoms with van der Waals surface area (Å²) in [5.74, 6) is -0.754. The van der Waals surface area contributed by atoms with Crippen molar-refractivity contribution in [3.05, 3.63) is 132 Å². The summed E-state index contributed by atoms with van der Waals surface area (Å²) in [6.07, 6.45) is 1.83. The maximum absolute atomic E-state index is 13.7. The van der Waals surface area contributed by atoms with Gasteiger partial charge in [-0.25, -0.2) is 9.38 Å². The van der Waals surface area contributed by atoms with E-state index in [9.17, 15) is 14.0 Å². The van der Waals surface area contributed by atoms with Crippen LogP contribution in [0.4, 0.5) is 10.1 Å². The SMILES string of the molecule is CC1=C(C(=O)Nc2ccccc2)[C@@H](c2ccc(F)cc2)n2c(s/c(=C\c3ccc(C)cc3)c2=O)=N1. The van der Waals surface area contributed by atoms with Gasteiger partial charge in [0.2, 0.25) is 0 Å². The van der Waals surface area contributed by atoms with Crippen LogP contribution < -0.4 is 20.2 Å². The minimum atomic E-state index is -0.740. The molecular formula is C28H22FN3O2S. The third kappa shape index (κ3) is 4.50. The molecule has 4 aromatic rings. The van der Waals surface area contributed by atoms with Crippen LogP contribution in [0.1, 0.15) is 29.7 Å². The van der Waals surface area contributed by atoms with E-state index in [1.807, 2.05) is 55.5 Å². The Morgan fingerprint density at radius 2 is 1.69 bits per heavy atom. The number of rotatable bonds is 4. The first-order chi connectivity index (χ1) is 16.9. The van der Waals surface area contributed by atoms with Crippen LogP contribution in [0.25, 0.3) is 6.08 Å². The number of thiazole rings is 1. The Balaban J connectivity index is 1.67. The van der Waals surface area contributed by atoms with Gasteiger partial charge in [0.25, 0.3) is 11.5 Å². The van der Waals surface area contributed by atoms with Gasteiger partial charge in [-0.05, 0) is 55.3 Å². The normalized spacial score (nSPS) is 15.5. The van der Waals surface area contributed by atoms with E-state index < -0.39 is 11.9 Å². The fourth-order valence-electron chi connectivity index (χ4n) is 4.11. The number of amides is 1. The van der Waals surface area contributed by atoms with Crippen LogP contribution in [-0.2, 0) is 4.79 Å². The lowest BCUT2D eigenvalue weighted by atomic mass is 9.95. The average molecular weight is 484 g/mol. The molecule has 0 spiro atoms. The number of carbonyl (C=O) groups excluding carboxylic acids is 1. The number of benzene rings is 3. The summed E-state index contributed by atoms with van der Waals surface area (Å²) in [5, 5.41) is 2.90. The highest BCUT2D eigenvalue weighted by Gasteiger charge is 2.32. The molecule has 0 bridgehead atoms. The Bertz CT molecular complexity index is 1620. The number of aryl methyl sites for hydroxylation is 1. The highest BCUT2D eigenvalue weighted by Crippen LogP contribution is 2.30. The van der Waals surface area contributed by atoms with Gasteiger partial charge in [0.1, 0.15) is 5.82 Å². The van der Waals surface area contributed by atoms with Crippen LogP contribution in [0.15, 0.2) is 99.9 Å². The third-order valence-electron chi connectivity index (χ3n) is 5.86. The van der Waals surface area contributed by atoms with Crippen molar-refractivity contribution in [2.75, 3.05) is 5.32 Å². The van der Waals surface area contributed by atoms with Gasteiger partial charge in [-0.1, -0.05) is 71.5 Å². The van der Waals surface area contributed by atoms with Gasteiger partial charge in [0.05, 0.1) is 21.8 Å². The van der Waals surface area contributed by atoms with Crippen LogP contribution in [0.5, 0.6) is 0 Å². The Kier molecular flexibility index (Phi) is 6.01. The zero-order chi connectivity index (χ0) is 24.5. The third-order valence-corrected chi connectivity index (χ3v) is 6.84. The molecule has 1 aliphatic rings. The van der Waals surface area contributed by atoms with Crippen molar-refractivity contribution in [2.45, 2.75) is 19.9 Å². The number of anilines is 1. The van der Waals surface area contributed by atoms with Gasteiger partial charge in [-0.15, -0.1) is 0 Å². The number of para-hydroxylation sites is 1. The fraction of sp³-hybridized carbons (Fsp3) is 0.107. The molecule has 0 saturated heterocycles. The van der Waals surface area contributed by atoms with Crippen molar-refractivity contribution in [3.63, 3.8) is 0 Å². The van der Waals surface area contributed by atoms with Gasteiger partial charge in [0.15, 0.2) is 4.80 Å². The zero-order valence-corrected chi connectivity index (χ0v) is 20.0. The number of halogens is 1. The number of nitrogens with one attached hydrogen (secondary N) is 1. The molecule has 174 valence electrons. The first kappa shape index (κ1) is 22.7. The minimum absolute atomic E-state index is 0.249. The van der Waals surface area contributed by atoms with E-state index in [4.69, 9.17) is 0 Å². The second kappa shape index (κ2) is 9.27. The molecule has 0 radical (unpaired) electrons. The molecule has 1 aliphatic heterocycles. The Hall–Kier alpha value is -4.10. The van der Waals surface area contributed by atoms with Gasteiger partial charge < -0.3 is 5.32 Å². The molecule has 5 nitrogen and oxygen atoms in total. The topological polar surface area (TPSA) is 63.5 Å². The lowest BCUT2D eigenvalue weighted by Crippen LogP contribution is -2.40. The smallest absolute Gasteiger partial charge is 0.271 e. The zero-order valence-electron chi connectivity index (χ0n) is 19.2. The molecule has 2 heterocycles. The van der Waals surface area contributed by atoms with E-state index in [-0.39, 0.29) is 11.5 Å². The molecule has 1 amide bonds. The van der Waals surface area contributed by atoms with Crippen molar-refractivity contribution in [1.82, 2.24) is 4.57 Å². The number of carbonyl (C=O) groups is 1. The summed E-state index contributed by atoms with van der Waals surface area (Å²) >= 11 is 1.27. The minimum Gasteiger partial charge on any atom is -0.322 e. The number of nitrogens with zero attached hydrogens (tertiary/aromatic N) is 2. The van der Waals surface area contributed by atoms with Crippen molar-refractivity contribution in [2.24, 2.45) is 4.99 Å². The van der Waals surface area contributed by atoms with Crippen LogP contribution in [0, 0.1) is 12.7 Å². The second-order valence-electron chi connectivity index (χ2n) is 8.36. The Morgan fingerprint density at radius 3 is 2.37 bits per heavy atom. The van der Waals surface area contributed by atoms with Gasteiger partial charge >= 0.3 is 0 Å². The van der Waals surface area contributed by atoms with Crippen molar-refractivity contribution < 1.29 is 9.18 Å². The summed E-state index contributed by atoms with van der Waals surface area (Å²) in [6, 6.07) is 22.1. The van der Waals surface area contributed by atoms with Crippen molar-refractivity contribution in [1.29, 1.82) is 0 Å². The molecule has 1 N–H and O–H groups in total. The standard InChI is InChI=1S/C28H22FN3O2S/c1-17-8-10-19(11-9-17)16-23-27(34)32-25(20-12-14-21(29)15-13-20)24(18(2)30-28(32)35-23)26(33)31-22-6-4-3-5-7-22/h3-16,25H,1-2H3,(H,31,33)/b23-16-/t25-/m1/s1. The molecule has 35 heavy (non-hydrogen) atoms. The summed E-state index contributed by atoms with van der Waals surface area (Å²) in [6.45, 7) is 3.76. The van der Waals surface area contributed by atoms with E-state index in [0.717, 1.165) is 11.1 Å². The number of fused-ring (bicyclic) bond motifs is 1. The molecule has 3 aromatic carbocycles. The van der Waals surface area contributed by atoms with Crippen LogP contribution >= 0.6 is 11.3 Å². The van der Waals surface area contributed by atoms with Crippen molar-refractivity contribution in [3.8, 4) is 0 Å². The Labute approximate surface area is 205 Å². The quantitative estimate of drug-likeness (QED) is 0.470. The predicted molar refractivity (Wildman–Crippen MR) is 136 cm³/mol. The molecule has 0 fully saturated rings. The maximum Gasteiger partial charge on any atom is 0.271 e. The first-order valence-corrected chi connectivity index (χ1v) is 11.9. The van der Waals surface area contributed by atoms with Crippen LogP contribution in [0.3, 0.4) is 0 Å². The second-order valence-corrected chi connectivity index (χ2v) is 9.37. The van der Waals surface area contributed by atoms with Crippen LogP contribution in [-0.4, -0.2) is 10.5 Å². The lowest BCUT2D eigenvalue weighted by Gasteiger charge is -2.25. The lowest BCUT2D eigenvalue weighted by molar-refractivity contribution is -0.113. The molecule has 1 atom stereocenters. The molecule has 5 rings (SSSR count).